The lowest BCUT2D eigenvalue weighted by atomic mass is 9.91. The topological polar surface area (TPSA) is 167 Å². The molecule has 0 bridgehead atoms. The van der Waals surface area contributed by atoms with Gasteiger partial charge < -0.3 is 15.3 Å². The zero-order chi connectivity index (χ0) is 32.8. The van der Waals surface area contributed by atoms with E-state index in [-0.39, 0.29) is 32.0 Å². The second kappa shape index (κ2) is 14.4. The molecule has 4 aromatic heterocycles. The van der Waals surface area contributed by atoms with Gasteiger partial charge in [-0.2, -0.15) is 0 Å². The summed E-state index contributed by atoms with van der Waals surface area (Å²) in [5.41, 5.74) is 7.85. The molecule has 0 radical (unpaired) electrons. The fraction of sp³-hybridized carbons (Fsp3) is 0.343. The minimum absolute atomic E-state index is 0.00639. The monoisotopic (exact) mass is 623 g/mol. The third-order valence-electron chi connectivity index (χ3n) is 8.22. The van der Waals surface area contributed by atoms with E-state index in [0.29, 0.717) is 34.9 Å². The Bertz CT molecular complexity index is 1760. The van der Waals surface area contributed by atoms with Gasteiger partial charge in [0.15, 0.2) is 0 Å². The van der Waals surface area contributed by atoms with Gasteiger partial charge in [-0.05, 0) is 72.7 Å². The number of pyridine rings is 4. The molecule has 2 unspecified atom stereocenters. The summed E-state index contributed by atoms with van der Waals surface area (Å²) in [6, 6.07) is 19.2. The Morgan fingerprint density at radius 3 is 1.80 bits per heavy atom. The number of fused-ring (bicyclic) bond motifs is 3. The molecule has 0 spiro atoms. The molecule has 4 heterocycles. The van der Waals surface area contributed by atoms with E-state index in [2.05, 4.69) is 6.07 Å². The second-order valence-electron chi connectivity index (χ2n) is 11.8. The zero-order valence-electron chi connectivity index (χ0n) is 25.9. The van der Waals surface area contributed by atoms with Crippen LogP contribution in [0.4, 0.5) is 0 Å². The van der Waals surface area contributed by atoms with Gasteiger partial charge in [-0.25, -0.2) is 15.0 Å². The van der Waals surface area contributed by atoms with E-state index in [0.717, 1.165) is 47.5 Å². The zero-order valence-corrected chi connectivity index (χ0v) is 25.9. The predicted molar refractivity (Wildman–Crippen MR) is 171 cm³/mol. The summed E-state index contributed by atoms with van der Waals surface area (Å²) in [4.78, 5) is 55.3. The van der Waals surface area contributed by atoms with E-state index in [1.165, 1.54) is 0 Å². The smallest absolute Gasteiger partial charge is 0.317 e. The Hall–Kier alpha value is -5.03. The molecule has 3 N–H and O–H groups in total. The number of carboxylic acid groups (broad SMARTS) is 3. The third-order valence-corrected chi connectivity index (χ3v) is 8.22. The molecule has 11 heteroatoms. The molecule has 0 saturated heterocycles. The first kappa shape index (κ1) is 32.4. The Morgan fingerprint density at radius 2 is 1.28 bits per heavy atom. The number of nitrogens with zero attached hydrogens (tertiary/aromatic N) is 5. The summed E-state index contributed by atoms with van der Waals surface area (Å²) in [6.45, 7) is 3.49. The molecule has 46 heavy (non-hydrogen) atoms. The predicted octanol–water partition coefficient (Wildman–Crippen LogP) is 5.02. The van der Waals surface area contributed by atoms with Crippen molar-refractivity contribution in [3.8, 4) is 34.2 Å². The van der Waals surface area contributed by atoms with Crippen molar-refractivity contribution in [2.45, 2.75) is 52.5 Å². The number of aromatic nitrogens is 4. The third kappa shape index (κ3) is 7.97. The summed E-state index contributed by atoms with van der Waals surface area (Å²) in [6.07, 6.45) is 3.09. The minimum atomic E-state index is -1.04. The number of carboxylic acids is 3. The van der Waals surface area contributed by atoms with Crippen LogP contribution in [-0.4, -0.2) is 71.2 Å². The van der Waals surface area contributed by atoms with Gasteiger partial charge in [0.05, 0.1) is 52.3 Å². The quantitative estimate of drug-likeness (QED) is 0.173. The maximum absolute atomic E-state index is 11.4. The Balaban J connectivity index is 1.42. The molecule has 2 atom stereocenters. The molecular weight excluding hydrogens is 586 g/mol. The molecule has 0 amide bonds. The molecule has 0 saturated carbocycles. The molecule has 11 nitrogen and oxygen atoms in total. The minimum Gasteiger partial charge on any atom is -0.481 e. The Labute approximate surface area is 267 Å². The number of rotatable bonds is 14. The van der Waals surface area contributed by atoms with Crippen LogP contribution in [-0.2, 0) is 40.2 Å². The highest BCUT2D eigenvalue weighted by Gasteiger charge is 2.23. The number of hydrogen-bond acceptors (Lipinski definition) is 8. The van der Waals surface area contributed by atoms with Crippen LogP contribution < -0.4 is 0 Å². The van der Waals surface area contributed by atoms with Crippen LogP contribution in [0.3, 0.4) is 0 Å². The van der Waals surface area contributed by atoms with Crippen LogP contribution >= 0.6 is 0 Å². The van der Waals surface area contributed by atoms with E-state index in [1.807, 2.05) is 55.5 Å². The summed E-state index contributed by atoms with van der Waals surface area (Å²) >= 11 is 0. The lowest BCUT2D eigenvalue weighted by Crippen LogP contribution is -2.35. The molecule has 0 aromatic carbocycles. The van der Waals surface area contributed by atoms with Gasteiger partial charge in [0.25, 0.3) is 0 Å². The van der Waals surface area contributed by atoms with E-state index >= 15 is 0 Å². The van der Waals surface area contributed by atoms with Crippen molar-refractivity contribution in [2.75, 3.05) is 13.1 Å². The maximum Gasteiger partial charge on any atom is 0.317 e. The fourth-order valence-corrected chi connectivity index (χ4v) is 5.76. The van der Waals surface area contributed by atoms with Crippen molar-refractivity contribution >= 4 is 17.9 Å². The molecule has 0 fully saturated rings. The standard InChI is InChI=1S/C35H37N5O6/c1-3-22(17-31(41)42)16-25-6-4-8-27(36-25)29-14-12-23-10-11-24-13-15-30(39-34(24)33(23)38-29)28-9-5-7-26(37-28)19-40(20-32(43)44)18-21(2)35(45)46/h4-9,12-15,21-22H,3,10-11,16-20H2,1-2H3,(H,41,42)(H,43,44)(H,45,46). The van der Waals surface area contributed by atoms with Crippen molar-refractivity contribution in [2.24, 2.45) is 11.8 Å². The number of aryl methyl sites for hydroxylation is 2. The number of carbonyl (C=O) groups is 3. The molecule has 0 aliphatic heterocycles. The lowest BCUT2D eigenvalue weighted by molar-refractivity contribution is -0.144. The first-order valence-corrected chi connectivity index (χ1v) is 15.4. The molecule has 5 rings (SSSR count). The summed E-state index contributed by atoms with van der Waals surface area (Å²) in [5.74, 6) is -3.56. The molecule has 1 aliphatic carbocycles. The molecular formula is C35H37N5O6. The van der Waals surface area contributed by atoms with Gasteiger partial charge in [-0.3, -0.25) is 24.3 Å². The van der Waals surface area contributed by atoms with Crippen LogP contribution in [0.2, 0.25) is 0 Å². The van der Waals surface area contributed by atoms with Gasteiger partial charge in [0.2, 0.25) is 0 Å². The van der Waals surface area contributed by atoms with Crippen molar-refractivity contribution < 1.29 is 29.7 Å². The van der Waals surface area contributed by atoms with Crippen molar-refractivity contribution in [3.63, 3.8) is 0 Å². The highest BCUT2D eigenvalue weighted by atomic mass is 16.4. The summed E-state index contributed by atoms with van der Waals surface area (Å²) in [7, 11) is 0. The van der Waals surface area contributed by atoms with Crippen molar-refractivity contribution in [3.05, 3.63) is 83.2 Å². The highest BCUT2D eigenvalue weighted by molar-refractivity contribution is 5.73. The van der Waals surface area contributed by atoms with Gasteiger partial charge in [0, 0.05) is 25.2 Å². The normalized spacial score (nSPS) is 13.5. The van der Waals surface area contributed by atoms with E-state index in [1.54, 1.807) is 17.9 Å². The first-order chi connectivity index (χ1) is 22.1. The van der Waals surface area contributed by atoms with Gasteiger partial charge in [-0.1, -0.05) is 44.5 Å². The average Bonchev–Trinajstić information content (AvgIpc) is 3.03. The molecule has 4 aromatic rings. The average molecular weight is 624 g/mol. The van der Waals surface area contributed by atoms with E-state index in [4.69, 9.17) is 19.9 Å². The molecule has 1 aliphatic rings. The number of hydrogen-bond donors (Lipinski definition) is 3. The molecule has 238 valence electrons. The van der Waals surface area contributed by atoms with Crippen molar-refractivity contribution in [1.29, 1.82) is 0 Å². The van der Waals surface area contributed by atoms with Crippen LogP contribution in [0.5, 0.6) is 0 Å². The van der Waals surface area contributed by atoms with Crippen LogP contribution in [0.1, 0.15) is 49.2 Å². The number of aliphatic carboxylic acids is 3. The van der Waals surface area contributed by atoms with E-state index in [9.17, 15) is 29.7 Å². The van der Waals surface area contributed by atoms with E-state index < -0.39 is 23.8 Å². The summed E-state index contributed by atoms with van der Waals surface area (Å²) < 4.78 is 0. The van der Waals surface area contributed by atoms with Crippen molar-refractivity contribution in [1.82, 2.24) is 24.8 Å². The van der Waals surface area contributed by atoms with Gasteiger partial charge >= 0.3 is 17.9 Å². The Morgan fingerprint density at radius 1 is 0.739 bits per heavy atom. The maximum atomic E-state index is 11.4. The van der Waals surface area contributed by atoms with Gasteiger partial charge in [0.1, 0.15) is 0 Å². The van der Waals surface area contributed by atoms with Gasteiger partial charge in [-0.15, -0.1) is 0 Å². The summed E-state index contributed by atoms with van der Waals surface area (Å²) in [5, 5.41) is 27.9. The second-order valence-corrected chi connectivity index (χ2v) is 11.8. The van der Waals surface area contributed by atoms with Crippen LogP contribution in [0, 0.1) is 11.8 Å². The lowest BCUT2D eigenvalue weighted by Gasteiger charge is -2.22. The Kier molecular flexibility index (Phi) is 10.1. The highest BCUT2D eigenvalue weighted by Crippen LogP contribution is 2.34. The van der Waals surface area contributed by atoms with Crippen LogP contribution in [0.25, 0.3) is 34.2 Å². The largest absolute Gasteiger partial charge is 0.481 e. The SMILES string of the molecule is CCC(CC(=O)O)Cc1cccc(-c2ccc3c(n2)-c2nc(-c4cccc(CN(CC(=O)O)CC(C)C(=O)O)n4)ccc2CC3)n1. The fourth-order valence-electron chi connectivity index (χ4n) is 5.76. The van der Waals surface area contributed by atoms with Crippen LogP contribution in [0.15, 0.2) is 60.7 Å². The first-order valence-electron chi connectivity index (χ1n) is 15.4.